The Hall–Kier alpha value is -1.64. The summed E-state index contributed by atoms with van der Waals surface area (Å²) < 4.78 is 23.8. The van der Waals surface area contributed by atoms with Gasteiger partial charge in [-0.15, -0.1) is 0 Å². The van der Waals surface area contributed by atoms with Gasteiger partial charge in [-0.1, -0.05) is 31.9 Å². The highest BCUT2D eigenvalue weighted by molar-refractivity contribution is 5.84. The Balaban J connectivity index is 1.71. The average Bonchev–Trinajstić information content (AvgIpc) is 3.62. The molecule has 1 saturated carbocycles. The Labute approximate surface area is 185 Å². The number of ether oxygens (including phenoxy) is 4. The normalized spacial score (nSPS) is 38.1. The van der Waals surface area contributed by atoms with E-state index in [2.05, 4.69) is 32.2 Å². The summed E-state index contributed by atoms with van der Waals surface area (Å²) in [5, 5.41) is 2.64. The Morgan fingerprint density at radius 1 is 1.35 bits per heavy atom. The predicted octanol–water partition coefficient (Wildman–Crippen LogP) is 2.69. The van der Waals surface area contributed by atoms with E-state index in [1.165, 1.54) is 5.57 Å². The van der Waals surface area contributed by atoms with Gasteiger partial charge in [0.25, 0.3) is 0 Å². The highest BCUT2D eigenvalue weighted by Gasteiger charge is 2.72. The third-order valence-electron chi connectivity index (χ3n) is 7.29. The van der Waals surface area contributed by atoms with Gasteiger partial charge in [0, 0.05) is 7.11 Å². The molecule has 2 heterocycles. The molecule has 2 saturated heterocycles. The summed E-state index contributed by atoms with van der Waals surface area (Å²) in [5.41, 5.74) is 6.05. The zero-order valence-corrected chi connectivity index (χ0v) is 19.6. The molecule has 1 aliphatic carbocycles. The molecule has 3 fully saturated rings. The van der Waals surface area contributed by atoms with Gasteiger partial charge in [-0.3, -0.25) is 4.79 Å². The maximum absolute atomic E-state index is 12.6. The van der Waals surface area contributed by atoms with Crippen LogP contribution in [-0.2, 0) is 23.7 Å². The van der Waals surface area contributed by atoms with Gasteiger partial charge in [-0.2, -0.15) is 0 Å². The Bertz CT molecular complexity index is 717. The number of rotatable bonds is 9. The first-order valence-electron chi connectivity index (χ1n) is 11.3. The van der Waals surface area contributed by atoms with Crippen LogP contribution in [0.1, 0.15) is 60.3 Å². The van der Waals surface area contributed by atoms with Crippen LogP contribution in [0.25, 0.3) is 0 Å². The number of carbonyl (C=O) groups excluding carboxylic acids is 2. The number of amides is 2. The maximum Gasteiger partial charge on any atom is 0.408 e. The molecule has 3 unspecified atom stereocenters. The van der Waals surface area contributed by atoms with E-state index in [0.29, 0.717) is 19.4 Å². The molecule has 3 rings (SSSR count). The van der Waals surface area contributed by atoms with E-state index in [1.807, 2.05) is 13.8 Å². The van der Waals surface area contributed by atoms with Crippen LogP contribution in [0.4, 0.5) is 4.79 Å². The molecular formula is C23H38N2O6. The van der Waals surface area contributed by atoms with Gasteiger partial charge in [0.05, 0.1) is 18.6 Å². The van der Waals surface area contributed by atoms with Crippen molar-refractivity contribution in [3.63, 3.8) is 0 Å². The summed E-state index contributed by atoms with van der Waals surface area (Å²) in [6, 6.07) is -0.770. The fraction of sp³-hybridized carbons (Fsp3) is 0.826. The minimum atomic E-state index is -0.770. The van der Waals surface area contributed by atoms with E-state index in [-0.39, 0.29) is 29.6 Å². The Kier molecular flexibility index (Phi) is 7.03. The largest absolute Gasteiger partial charge is 0.443 e. The molecule has 176 valence electrons. The van der Waals surface area contributed by atoms with E-state index >= 15 is 0 Å². The average molecular weight is 439 g/mol. The summed E-state index contributed by atoms with van der Waals surface area (Å²) in [6.07, 6.45) is 3.75. The van der Waals surface area contributed by atoms with Gasteiger partial charge in [0.2, 0.25) is 5.91 Å². The number of primary amides is 1. The summed E-state index contributed by atoms with van der Waals surface area (Å²) in [7, 11) is 1.63. The second kappa shape index (κ2) is 9.08. The van der Waals surface area contributed by atoms with Crippen molar-refractivity contribution < 1.29 is 28.5 Å². The number of epoxide rings is 2. The lowest BCUT2D eigenvalue weighted by Gasteiger charge is -2.42. The van der Waals surface area contributed by atoms with Crippen LogP contribution in [0.3, 0.4) is 0 Å². The van der Waals surface area contributed by atoms with Crippen molar-refractivity contribution in [2.45, 2.75) is 95.9 Å². The van der Waals surface area contributed by atoms with Gasteiger partial charge in [-0.05, 0) is 46.0 Å². The number of hydrogen-bond donors (Lipinski definition) is 2. The molecule has 8 atom stereocenters. The highest BCUT2D eigenvalue weighted by atomic mass is 16.6. The second-order valence-electron chi connectivity index (χ2n) is 9.73. The molecule has 0 aromatic heterocycles. The van der Waals surface area contributed by atoms with Gasteiger partial charge in [-0.25, -0.2) is 4.79 Å². The van der Waals surface area contributed by atoms with Crippen LogP contribution in [0, 0.1) is 11.8 Å². The molecule has 2 aliphatic heterocycles. The van der Waals surface area contributed by atoms with E-state index < -0.39 is 29.7 Å². The molecule has 0 radical (unpaired) electrons. The number of methoxy groups -OCH3 is 1. The number of carbonyl (C=O) groups is 2. The first-order valence-corrected chi connectivity index (χ1v) is 11.3. The molecular weight excluding hydrogens is 400 g/mol. The number of hydrogen-bond acceptors (Lipinski definition) is 6. The van der Waals surface area contributed by atoms with Crippen LogP contribution >= 0.6 is 0 Å². The van der Waals surface area contributed by atoms with E-state index in [4.69, 9.17) is 24.7 Å². The van der Waals surface area contributed by atoms with Crippen LogP contribution in [-0.4, -0.2) is 61.3 Å². The van der Waals surface area contributed by atoms with Crippen molar-refractivity contribution >= 4 is 12.0 Å². The fourth-order valence-electron chi connectivity index (χ4n) is 5.10. The first kappa shape index (κ1) is 24.0. The van der Waals surface area contributed by atoms with E-state index in [9.17, 15) is 9.59 Å². The molecule has 3 N–H and O–H groups in total. The lowest BCUT2D eigenvalue weighted by atomic mass is 9.68. The molecule has 8 nitrogen and oxygen atoms in total. The van der Waals surface area contributed by atoms with Gasteiger partial charge in [0.15, 0.2) is 0 Å². The molecule has 2 amide bonds. The molecule has 0 aromatic carbocycles. The molecule has 8 heteroatoms. The molecule has 0 bridgehead atoms. The van der Waals surface area contributed by atoms with Crippen molar-refractivity contribution in [2.24, 2.45) is 17.6 Å². The number of nitrogens with one attached hydrogen (secondary N) is 1. The minimum absolute atomic E-state index is 0.0476. The van der Waals surface area contributed by atoms with Crippen LogP contribution < -0.4 is 11.1 Å². The molecule has 1 spiro atoms. The van der Waals surface area contributed by atoms with Crippen LogP contribution in [0.2, 0.25) is 0 Å². The third kappa shape index (κ3) is 4.91. The lowest BCUT2D eigenvalue weighted by molar-refractivity contribution is -0.123. The Morgan fingerprint density at radius 3 is 2.55 bits per heavy atom. The van der Waals surface area contributed by atoms with Crippen molar-refractivity contribution in [3.05, 3.63) is 11.6 Å². The second-order valence-corrected chi connectivity index (χ2v) is 9.73. The van der Waals surface area contributed by atoms with Crippen molar-refractivity contribution in [1.29, 1.82) is 0 Å². The molecule has 3 aliphatic rings. The highest BCUT2D eigenvalue weighted by Crippen LogP contribution is 2.59. The summed E-state index contributed by atoms with van der Waals surface area (Å²) in [4.78, 5) is 24.4. The van der Waals surface area contributed by atoms with Crippen LogP contribution in [0.5, 0.6) is 0 Å². The number of nitrogens with two attached hydrogens (primary N) is 1. The van der Waals surface area contributed by atoms with Gasteiger partial charge in [0.1, 0.15) is 29.5 Å². The van der Waals surface area contributed by atoms with Gasteiger partial charge >= 0.3 is 6.09 Å². The summed E-state index contributed by atoms with van der Waals surface area (Å²) in [6.45, 7) is 10.7. The maximum atomic E-state index is 12.6. The Morgan fingerprint density at radius 2 is 2.03 bits per heavy atom. The number of alkyl carbamates (subject to hydrolysis) is 1. The number of allylic oxidation sites excluding steroid dienone is 1. The van der Waals surface area contributed by atoms with E-state index in [1.54, 1.807) is 7.11 Å². The monoisotopic (exact) mass is 438 g/mol. The van der Waals surface area contributed by atoms with Crippen molar-refractivity contribution in [1.82, 2.24) is 5.32 Å². The first-order chi connectivity index (χ1) is 14.6. The van der Waals surface area contributed by atoms with E-state index in [0.717, 1.165) is 12.8 Å². The van der Waals surface area contributed by atoms with Gasteiger partial charge < -0.3 is 30.0 Å². The zero-order valence-electron chi connectivity index (χ0n) is 19.6. The smallest absolute Gasteiger partial charge is 0.408 e. The molecule has 31 heavy (non-hydrogen) atoms. The fourth-order valence-corrected chi connectivity index (χ4v) is 5.10. The lowest BCUT2D eigenvalue weighted by Crippen LogP contribution is -2.57. The third-order valence-corrected chi connectivity index (χ3v) is 7.29. The topological polar surface area (TPSA) is 116 Å². The molecule has 0 aromatic rings. The SMILES string of the molecule is CCC(C)C(NC(=O)O[C@@H]1CC[C@]2(CO2)[C@@H]([C@@]2(C)O[C@@H]2CC=C(C)C)C1OC)C(N)=O. The predicted molar refractivity (Wildman–Crippen MR) is 115 cm³/mol. The summed E-state index contributed by atoms with van der Waals surface area (Å²) >= 11 is 0. The van der Waals surface area contributed by atoms with Crippen molar-refractivity contribution in [3.8, 4) is 0 Å². The zero-order chi connectivity index (χ0) is 23.0. The quantitative estimate of drug-likeness (QED) is 0.422. The van der Waals surface area contributed by atoms with Crippen molar-refractivity contribution in [2.75, 3.05) is 13.7 Å². The standard InChI is InChI=1S/C23H38N2O6/c1-7-14(4)17(20(24)26)25-21(27)30-15-10-11-23(12-29-23)19(18(15)28-6)22(5)16(31-22)9-8-13(2)3/h8,14-19H,7,9-12H2,1-6H3,(H2,24,26)(H,25,27)/t14?,15-,16-,17?,18?,19-,22+,23+/m1/s1. The van der Waals surface area contributed by atoms with Crippen LogP contribution in [0.15, 0.2) is 11.6 Å². The minimum Gasteiger partial charge on any atom is -0.443 e. The summed E-state index contributed by atoms with van der Waals surface area (Å²) in [5.74, 6) is -0.698.